The molecule has 1 rings (SSSR count). The second-order valence-electron chi connectivity index (χ2n) is 4.46. The maximum absolute atomic E-state index is 10.9. The number of nitrogens with zero attached hydrogens (tertiary/aromatic N) is 2. The third kappa shape index (κ3) is 4.84. The average Bonchev–Trinajstić information content (AvgIpc) is 2.39. The normalized spacial score (nSPS) is 10.7. The first-order valence-electron chi connectivity index (χ1n) is 6.23. The van der Waals surface area contributed by atoms with Crippen LogP contribution in [0.15, 0.2) is 18.2 Å². The van der Waals surface area contributed by atoms with Crippen LogP contribution in [-0.2, 0) is 6.54 Å². The van der Waals surface area contributed by atoms with Gasteiger partial charge in [0.15, 0.2) is 5.75 Å². The Labute approximate surface area is 113 Å². The lowest BCUT2D eigenvalue weighted by Crippen LogP contribution is -2.22. The highest BCUT2D eigenvalue weighted by Crippen LogP contribution is 2.27. The molecule has 0 saturated carbocycles. The minimum atomic E-state index is -0.413. The molecule has 1 aromatic carbocycles. The van der Waals surface area contributed by atoms with Crippen molar-refractivity contribution in [3.63, 3.8) is 0 Å². The van der Waals surface area contributed by atoms with E-state index in [-0.39, 0.29) is 5.69 Å². The van der Waals surface area contributed by atoms with Gasteiger partial charge in [-0.05, 0) is 45.2 Å². The molecular formula is C13H21N3O3. The number of nitro groups is 1. The van der Waals surface area contributed by atoms with E-state index in [4.69, 9.17) is 4.74 Å². The van der Waals surface area contributed by atoms with E-state index in [1.165, 1.54) is 7.11 Å². The van der Waals surface area contributed by atoms with Crippen molar-refractivity contribution in [2.75, 3.05) is 34.3 Å². The van der Waals surface area contributed by atoms with E-state index in [0.29, 0.717) is 12.3 Å². The Morgan fingerprint density at radius 2 is 2.21 bits per heavy atom. The van der Waals surface area contributed by atoms with E-state index in [0.717, 1.165) is 25.1 Å². The molecular weight excluding hydrogens is 246 g/mol. The van der Waals surface area contributed by atoms with Crippen molar-refractivity contribution in [3.8, 4) is 5.75 Å². The fourth-order valence-electron chi connectivity index (χ4n) is 1.89. The first-order chi connectivity index (χ1) is 9.08. The van der Waals surface area contributed by atoms with Gasteiger partial charge in [-0.25, -0.2) is 0 Å². The number of nitrogens with one attached hydrogen (secondary N) is 1. The lowest BCUT2D eigenvalue weighted by Gasteiger charge is -2.16. The zero-order chi connectivity index (χ0) is 14.3. The zero-order valence-electron chi connectivity index (χ0n) is 11.7. The van der Waals surface area contributed by atoms with Gasteiger partial charge in [0.05, 0.1) is 12.0 Å². The molecule has 1 aromatic rings. The van der Waals surface area contributed by atoms with Crippen LogP contribution in [0.25, 0.3) is 0 Å². The number of rotatable bonds is 8. The molecule has 0 aromatic heterocycles. The van der Waals surface area contributed by atoms with Gasteiger partial charge in [0, 0.05) is 12.6 Å². The van der Waals surface area contributed by atoms with Crippen LogP contribution in [0, 0.1) is 10.1 Å². The topological polar surface area (TPSA) is 67.6 Å². The highest BCUT2D eigenvalue weighted by atomic mass is 16.6. The van der Waals surface area contributed by atoms with E-state index in [2.05, 4.69) is 10.2 Å². The average molecular weight is 267 g/mol. The first kappa shape index (κ1) is 15.4. The summed E-state index contributed by atoms with van der Waals surface area (Å²) in [4.78, 5) is 12.7. The lowest BCUT2D eigenvalue weighted by molar-refractivity contribution is -0.385. The third-order valence-electron chi connectivity index (χ3n) is 2.86. The van der Waals surface area contributed by atoms with Gasteiger partial charge >= 0.3 is 5.69 Å². The van der Waals surface area contributed by atoms with Gasteiger partial charge in [-0.15, -0.1) is 0 Å². The van der Waals surface area contributed by atoms with Crippen molar-refractivity contribution in [1.82, 2.24) is 10.2 Å². The monoisotopic (exact) mass is 267 g/mol. The van der Waals surface area contributed by atoms with Crippen LogP contribution in [0.5, 0.6) is 5.75 Å². The molecule has 6 heteroatoms. The number of ether oxygens (including phenoxy) is 1. The molecule has 0 aliphatic carbocycles. The number of hydrogen-bond acceptors (Lipinski definition) is 5. The maximum atomic E-state index is 10.9. The fraction of sp³-hybridized carbons (Fsp3) is 0.538. The van der Waals surface area contributed by atoms with Gasteiger partial charge in [-0.3, -0.25) is 10.1 Å². The highest BCUT2D eigenvalue weighted by molar-refractivity contribution is 5.48. The largest absolute Gasteiger partial charge is 0.490 e. The Balaban J connectivity index is 2.68. The summed E-state index contributed by atoms with van der Waals surface area (Å²) in [6, 6.07) is 5.09. The van der Waals surface area contributed by atoms with E-state index >= 15 is 0 Å². The van der Waals surface area contributed by atoms with E-state index in [1.807, 2.05) is 20.2 Å². The zero-order valence-corrected chi connectivity index (χ0v) is 11.7. The SMILES string of the molecule is CNCCCN(C)Cc1ccc(OC)c([N+](=O)[O-])c1. The molecule has 0 aliphatic heterocycles. The highest BCUT2D eigenvalue weighted by Gasteiger charge is 2.15. The van der Waals surface area contributed by atoms with Crippen LogP contribution < -0.4 is 10.1 Å². The third-order valence-corrected chi connectivity index (χ3v) is 2.86. The smallest absolute Gasteiger partial charge is 0.311 e. The number of hydrogen-bond donors (Lipinski definition) is 1. The van der Waals surface area contributed by atoms with Crippen LogP contribution in [0.4, 0.5) is 5.69 Å². The van der Waals surface area contributed by atoms with Gasteiger partial charge in [0.25, 0.3) is 0 Å². The molecule has 19 heavy (non-hydrogen) atoms. The van der Waals surface area contributed by atoms with Crippen molar-refractivity contribution in [2.24, 2.45) is 0 Å². The van der Waals surface area contributed by atoms with Crippen LogP contribution in [0.3, 0.4) is 0 Å². The van der Waals surface area contributed by atoms with Crippen molar-refractivity contribution < 1.29 is 9.66 Å². The van der Waals surface area contributed by atoms with Crippen molar-refractivity contribution >= 4 is 5.69 Å². The Hall–Kier alpha value is -1.66. The molecule has 0 amide bonds. The van der Waals surface area contributed by atoms with Crippen molar-refractivity contribution in [1.29, 1.82) is 0 Å². The summed E-state index contributed by atoms with van der Waals surface area (Å²) in [6.07, 6.45) is 1.05. The molecule has 0 unspecified atom stereocenters. The maximum Gasteiger partial charge on any atom is 0.311 e. The van der Waals surface area contributed by atoms with Gasteiger partial charge in [-0.2, -0.15) is 0 Å². The molecule has 0 spiro atoms. The summed E-state index contributed by atoms with van der Waals surface area (Å²) >= 11 is 0. The predicted molar refractivity (Wildman–Crippen MR) is 74.5 cm³/mol. The second kappa shape index (κ2) is 7.70. The van der Waals surface area contributed by atoms with E-state index in [9.17, 15) is 10.1 Å². The Morgan fingerprint density at radius 1 is 1.47 bits per heavy atom. The standard InChI is InChI=1S/C13H21N3O3/c1-14-7-4-8-15(2)10-11-5-6-13(19-3)12(9-11)16(17)18/h5-6,9,14H,4,7-8,10H2,1-3H3. The number of nitro benzene ring substituents is 1. The summed E-state index contributed by atoms with van der Waals surface area (Å²) in [5, 5.41) is 14.0. The van der Waals surface area contributed by atoms with Crippen LogP contribution >= 0.6 is 0 Å². The van der Waals surface area contributed by atoms with Crippen molar-refractivity contribution in [3.05, 3.63) is 33.9 Å². The van der Waals surface area contributed by atoms with Gasteiger partial charge in [-0.1, -0.05) is 6.07 Å². The summed E-state index contributed by atoms with van der Waals surface area (Å²) in [5.74, 6) is 0.298. The predicted octanol–water partition coefficient (Wildman–Crippen LogP) is 1.64. The van der Waals surface area contributed by atoms with Crippen LogP contribution in [-0.4, -0.2) is 44.1 Å². The Bertz CT molecular complexity index is 424. The molecule has 0 saturated heterocycles. The first-order valence-corrected chi connectivity index (χ1v) is 6.23. The summed E-state index contributed by atoms with van der Waals surface area (Å²) in [7, 11) is 5.37. The minimum Gasteiger partial charge on any atom is -0.490 e. The molecule has 0 fully saturated rings. The molecule has 6 nitrogen and oxygen atoms in total. The van der Waals surface area contributed by atoms with Gasteiger partial charge in [0.2, 0.25) is 0 Å². The molecule has 0 heterocycles. The molecule has 0 bridgehead atoms. The Morgan fingerprint density at radius 3 is 2.79 bits per heavy atom. The summed E-state index contributed by atoms with van der Waals surface area (Å²) in [5.41, 5.74) is 0.933. The van der Waals surface area contributed by atoms with E-state index in [1.54, 1.807) is 12.1 Å². The molecule has 106 valence electrons. The number of methoxy groups -OCH3 is 1. The summed E-state index contributed by atoms with van der Waals surface area (Å²) in [6.45, 7) is 2.60. The Kier molecular flexibility index (Phi) is 6.24. The summed E-state index contributed by atoms with van der Waals surface area (Å²) < 4.78 is 4.98. The van der Waals surface area contributed by atoms with Crippen LogP contribution in [0.1, 0.15) is 12.0 Å². The number of benzene rings is 1. The minimum absolute atomic E-state index is 0.0172. The lowest BCUT2D eigenvalue weighted by atomic mass is 10.1. The molecule has 0 radical (unpaired) electrons. The molecule has 1 N–H and O–H groups in total. The van der Waals surface area contributed by atoms with Crippen LogP contribution in [0.2, 0.25) is 0 Å². The van der Waals surface area contributed by atoms with Gasteiger partial charge < -0.3 is 15.0 Å². The molecule has 0 aliphatic rings. The molecule has 0 atom stereocenters. The fourth-order valence-corrected chi connectivity index (χ4v) is 1.89. The van der Waals surface area contributed by atoms with Crippen molar-refractivity contribution in [2.45, 2.75) is 13.0 Å². The second-order valence-corrected chi connectivity index (χ2v) is 4.46. The van der Waals surface area contributed by atoms with Gasteiger partial charge in [0.1, 0.15) is 0 Å². The quantitative estimate of drug-likeness (QED) is 0.440. The van der Waals surface area contributed by atoms with E-state index < -0.39 is 4.92 Å².